The highest BCUT2D eigenvalue weighted by Gasteiger charge is 1.99. The molecule has 1 atom stereocenters. The van der Waals surface area contributed by atoms with Gasteiger partial charge in [0.25, 0.3) is 0 Å². The molecule has 0 radical (unpaired) electrons. The van der Waals surface area contributed by atoms with E-state index in [0.717, 1.165) is 6.42 Å². The predicted molar refractivity (Wildman–Crippen MR) is 81.9 cm³/mol. The highest BCUT2D eigenvalue weighted by atomic mass is 16.3. The molecule has 0 aliphatic rings. The van der Waals surface area contributed by atoms with Crippen molar-refractivity contribution in [2.24, 2.45) is 5.92 Å². The Bertz CT molecular complexity index is 174. The van der Waals surface area contributed by atoms with Crippen molar-refractivity contribution >= 4 is 0 Å². The van der Waals surface area contributed by atoms with Gasteiger partial charge < -0.3 is 5.11 Å². The summed E-state index contributed by atoms with van der Waals surface area (Å²) in [4.78, 5) is 0. The molecule has 0 spiro atoms. The Morgan fingerprint density at radius 2 is 1.44 bits per heavy atom. The van der Waals surface area contributed by atoms with E-state index < -0.39 is 0 Å². The molecule has 0 rings (SSSR count). The molecule has 1 heteroatoms. The molecule has 1 unspecified atom stereocenters. The zero-order valence-corrected chi connectivity index (χ0v) is 12.7. The summed E-state index contributed by atoms with van der Waals surface area (Å²) in [5.41, 5.74) is 0. The molecule has 0 aliphatic heterocycles. The maximum atomic E-state index is 8.80. The van der Waals surface area contributed by atoms with E-state index in [4.69, 9.17) is 5.11 Å². The van der Waals surface area contributed by atoms with Crippen LogP contribution >= 0.6 is 0 Å². The van der Waals surface area contributed by atoms with Gasteiger partial charge >= 0.3 is 0 Å². The Hall–Kier alpha value is -0.300. The SMILES string of the molecule is CCCCCC/C=C/CCCCCC(C)CCO. The Morgan fingerprint density at radius 3 is 2.00 bits per heavy atom. The van der Waals surface area contributed by atoms with Crippen LogP contribution in [0.3, 0.4) is 0 Å². The van der Waals surface area contributed by atoms with E-state index in [-0.39, 0.29) is 0 Å². The Kier molecular flexibility index (Phi) is 14.5. The Labute approximate surface area is 115 Å². The fourth-order valence-electron chi connectivity index (χ4n) is 2.22. The zero-order chi connectivity index (χ0) is 13.5. The second-order valence-corrected chi connectivity index (χ2v) is 5.58. The number of rotatable bonds is 13. The summed E-state index contributed by atoms with van der Waals surface area (Å²) < 4.78 is 0. The molecule has 108 valence electrons. The maximum Gasteiger partial charge on any atom is 0.0433 e. The molecular formula is C17H34O. The van der Waals surface area contributed by atoms with E-state index in [0.29, 0.717) is 12.5 Å². The number of hydrogen-bond donors (Lipinski definition) is 1. The van der Waals surface area contributed by atoms with Crippen molar-refractivity contribution < 1.29 is 5.11 Å². The lowest BCUT2D eigenvalue weighted by molar-refractivity contribution is 0.256. The molecule has 18 heavy (non-hydrogen) atoms. The third-order valence-corrected chi connectivity index (χ3v) is 3.58. The second-order valence-electron chi connectivity index (χ2n) is 5.58. The first-order chi connectivity index (χ1) is 8.81. The van der Waals surface area contributed by atoms with Crippen molar-refractivity contribution in [1.29, 1.82) is 0 Å². The molecule has 0 amide bonds. The van der Waals surface area contributed by atoms with Gasteiger partial charge in [-0.3, -0.25) is 0 Å². The highest BCUT2D eigenvalue weighted by Crippen LogP contribution is 2.13. The van der Waals surface area contributed by atoms with Gasteiger partial charge in [0.1, 0.15) is 0 Å². The van der Waals surface area contributed by atoms with Crippen LogP contribution in [0.2, 0.25) is 0 Å². The third kappa shape index (κ3) is 13.8. The number of aliphatic hydroxyl groups is 1. The lowest BCUT2D eigenvalue weighted by Crippen LogP contribution is -1.97. The smallest absolute Gasteiger partial charge is 0.0433 e. The number of hydrogen-bond acceptors (Lipinski definition) is 1. The van der Waals surface area contributed by atoms with Gasteiger partial charge in [0.15, 0.2) is 0 Å². The van der Waals surface area contributed by atoms with Crippen LogP contribution in [-0.2, 0) is 0 Å². The average Bonchev–Trinajstić information content (AvgIpc) is 2.36. The fraction of sp³-hybridized carbons (Fsp3) is 0.882. The zero-order valence-electron chi connectivity index (χ0n) is 12.7. The maximum absolute atomic E-state index is 8.80. The van der Waals surface area contributed by atoms with Crippen LogP contribution in [-0.4, -0.2) is 11.7 Å². The van der Waals surface area contributed by atoms with Crippen molar-refractivity contribution in [3.05, 3.63) is 12.2 Å². The molecule has 1 N–H and O–H groups in total. The van der Waals surface area contributed by atoms with Crippen LogP contribution in [0.4, 0.5) is 0 Å². The van der Waals surface area contributed by atoms with Gasteiger partial charge in [0.2, 0.25) is 0 Å². The molecule has 0 aromatic carbocycles. The Morgan fingerprint density at radius 1 is 0.833 bits per heavy atom. The largest absolute Gasteiger partial charge is 0.396 e. The van der Waals surface area contributed by atoms with Gasteiger partial charge in [-0.1, -0.05) is 64.5 Å². The Balaban J connectivity index is 3.12. The molecular weight excluding hydrogens is 220 g/mol. The van der Waals surface area contributed by atoms with Crippen molar-refractivity contribution in [1.82, 2.24) is 0 Å². The summed E-state index contributed by atoms with van der Waals surface area (Å²) in [6.07, 6.45) is 19.0. The molecule has 0 saturated carbocycles. The normalized spacial score (nSPS) is 13.3. The van der Waals surface area contributed by atoms with Crippen LogP contribution in [0.5, 0.6) is 0 Å². The number of allylic oxidation sites excluding steroid dienone is 2. The molecule has 0 saturated heterocycles. The van der Waals surface area contributed by atoms with Crippen molar-refractivity contribution in [2.75, 3.05) is 6.61 Å². The van der Waals surface area contributed by atoms with Crippen molar-refractivity contribution in [2.45, 2.75) is 84.5 Å². The van der Waals surface area contributed by atoms with E-state index in [1.54, 1.807) is 0 Å². The molecule has 0 bridgehead atoms. The molecule has 1 nitrogen and oxygen atoms in total. The van der Waals surface area contributed by atoms with E-state index in [1.165, 1.54) is 64.2 Å². The lowest BCUT2D eigenvalue weighted by Gasteiger charge is -2.08. The van der Waals surface area contributed by atoms with E-state index in [2.05, 4.69) is 26.0 Å². The minimum atomic E-state index is 0.349. The molecule has 0 aromatic rings. The fourth-order valence-corrected chi connectivity index (χ4v) is 2.22. The second kappa shape index (κ2) is 14.8. The first-order valence-corrected chi connectivity index (χ1v) is 8.07. The topological polar surface area (TPSA) is 20.2 Å². The summed E-state index contributed by atoms with van der Waals surface area (Å²) >= 11 is 0. The summed E-state index contributed by atoms with van der Waals surface area (Å²) in [5.74, 6) is 0.698. The van der Waals surface area contributed by atoms with Crippen molar-refractivity contribution in [3.63, 3.8) is 0 Å². The number of unbranched alkanes of at least 4 members (excludes halogenated alkanes) is 7. The summed E-state index contributed by atoms with van der Waals surface area (Å²) in [7, 11) is 0. The van der Waals surface area contributed by atoms with Gasteiger partial charge in [-0.05, 0) is 38.0 Å². The first kappa shape index (κ1) is 17.7. The lowest BCUT2D eigenvalue weighted by atomic mass is 10.00. The quantitative estimate of drug-likeness (QED) is 0.341. The van der Waals surface area contributed by atoms with E-state index in [1.807, 2.05) is 0 Å². The first-order valence-electron chi connectivity index (χ1n) is 8.07. The summed E-state index contributed by atoms with van der Waals surface area (Å²) in [5, 5.41) is 8.80. The molecule has 0 aliphatic carbocycles. The summed E-state index contributed by atoms with van der Waals surface area (Å²) in [6, 6.07) is 0. The van der Waals surface area contributed by atoms with Gasteiger partial charge in [0, 0.05) is 6.61 Å². The third-order valence-electron chi connectivity index (χ3n) is 3.58. The molecule has 0 aromatic heterocycles. The predicted octanol–water partition coefficient (Wildman–Crippen LogP) is 5.48. The van der Waals surface area contributed by atoms with Crippen LogP contribution in [0.15, 0.2) is 12.2 Å². The van der Waals surface area contributed by atoms with Gasteiger partial charge in [0.05, 0.1) is 0 Å². The van der Waals surface area contributed by atoms with E-state index >= 15 is 0 Å². The van der Waals surface area contributed by atoms with Gasteiger partial charge in [-0.15, -0.1) is 0 Å². The van der Waals surface area contributed by atoms with Crippen LogP contribution in [0.25, 0.3) is 0 Å². The van der Waals surface area contributed by atoms with Crippen LogP contribution in [0, 0.1) is 5.92 Å². The van der Waals surface area contributed by atoms with Crippen LogP contribution < -0.4 is 0 Å². The minimum absolute atomic E-state index is 0.349. The minimum Gasteiger partial charge on any atom is -0.396 e. The van der Waals surface area contributed by atoms with Gasteiger partial charge in [-0.25, -0.2) is 0 Å². The highest BCUT2D eigenvalue weighted by molar-refractivity contribution is 4.81. The average molecular weight is 254 g/mol. The molecule has 0 fully saturated rings. The van der Waals surface area contributed by atoms with Gasteiger partial charge in [-0.2, -0.15) is 0 Å². The van der Waals surface area contributed by atoms with Crippen LogP contribution in [0.1, 0.15) is 84.5 Å². The summed E-state index contributed by atoms with van der Waals surface area (Å²) in [6.45, 7) is 4.85. The van der Waals surface area contributed by atoms with E-state index in [9.17, 15) is 0 Å². The standard InChI is InChI=1S/C17H34O/c1-3-4-5-6-7-8-9-10-11-12-13-14-17(2)15-16-18/h8-9,17-18H,3-7,10-16H2,1-2H3/b9-8+. The molecule has 0 heterocycles. The number of aliphatic hydroxyl groups excluding tert-OH is 1. The monoisotopic (exact) mass is 254 g/mol. The van der Waals surface area contributed by atoms with Crippen molar-refractivity contribution in [3.8, 4) is 0 Å².